The van der Waals surface area contributed by atoms with Crippen molar-refractivity contribution in [2.45, 2.75) is 63.8 Å². The molecule has 1 aromatic carbocycles. The van der Waals surface area contributed by atoms with E-state index < -0.39 is 11.7 Å². The highest BCUT2D eigenvalue weighted by molar-refractivity contribution is 7.22. The van der Waals surface area contributed by atoms with Crippen molar-refractivity contribution in [3.8, 4) is 5.75 Å². The van der Waals surface area contributed by atoms with E-state index in [0.29, 0.717) is 6.42 Å². The van der Waals surface area contributed by atoms with E-state index in [9.17, 15) is 4.79 Å². The first-order valence-electron chi connectivity index (χ1n) is 9.35. The number of benzene rings is 1. The summed E-state index contributed by atoms with van der Waals surface area (Å²) in [5.41, 5.74) is 8.01. The Hall–Kier alpha value is -2.06. The maximum atomic E-state index is 12.0. The van der Waals surface area contributed by atoms with Gasteiger partial charge in [0, 0.05) is 30.1 Å². The van der Waals surface area contributed by atoms with Gasteiger partial charge >= 0.3 is 6.09 Å². The maximum absolute atomic E-state index is 12.0. The number of fused-ring (bicyclic) bond motifs is 3. The lowest BCUT2D eigenvalue weighted by Gasteiger charge is -2.21. The SMILES string of the molecule is CC(C)(C)OC(=O)N[C@@H]1C[C@H](N)[C@H](Nc2nc3c4c(ccc3s2)OCC4)C1. The zero-order valence-electron chi connectivity index (χ0n) is 15.9. The van der Waals surface area contributed by atoms with E-state index >= 15 is 0 Å². The Morgan fingerprint density at radius 1 is 1.37 bits per heavy atom. The summed E-state index contributed by atoms with van der Waals surface area (Å²) < 4.78 is 12.1. The number of thiazole rings is 1. The number of hydrogen-bond donors (Lipinski definition) is 3. The van der Waals surface area contributed by atoms with Crippen LogP contribution in [0, 0.1) is 0 Å². The molecule has 1 aliphatic carbocycles. The van der Waals surface area contributed by atoms with Crippen LogP contribution in [-0.2, 0) is 11.2 Å². The molecule has 146 valence electrons. The van der Waals surface area contributed by atoms with Crippen LogP contribution >= 0.6 is 11.3 Å². The Morgan fingerprint density at radius 2 is 2.19 bits per heavy atom. The molecule has 1 aliphatic heterocycles. The number of anilines is 1. The number of ether oxygens (including phenoxy) is 2. The fraction of sp³-hybridized carbons (Fsp3) is 0.579. The first kappa shape index (κ1) is 18.3. The Balaban J connectivity index is 1.41. The number of alkyl carbamates (subject to hydrolysis) is 1. The monoisotopic (exact) mass is 390 g/mol. The van der Waals surface area contributed by atoms with E-state index in [1.54, 1.807) is 11.3 Å². The van der Waals surface area contributed by atoms with Gasteiger partial charge in [-0.3, -0.25) is 0 Å². The number of hydrogen-bond acceptors (Lipinski definition) is 7. The second-order valence-electron chi connectivity index (χ2n) is 8.24. The van der Waals surface area contributed by atoms with E-state index in [4.69, 9.17) is 20.2 Å². The molecule has 0 radical (unpaired) electrons. The Kier molecular flexibility index (Phi) is 4.63. The van der Waals surface area contributed by atoms with Gasteiger partial charge in [-0.05, 0) is 45.7 Å². The summed E-state index contributed by atoms with van der Waals surface area (Å²) in [4.78, 5) is 16.8. The number of nitrogens with one attached hydrogen (secondary N) is 2. The molecule has 0 unspecified atom stereocenters. The topological polar surface area (TPSA) is 98.5 Å². The van der Waals surface area contributed by atoms with Gasteiger partial charge in [-0.25, -0.2) is 9.78 Å². The van der Waals surface area contributed by atoms with Crippen LogP contribution in [0.4, 0.5) is 9.93 Å². The van der Waals surface area contributed by atoms with Crippen molar-refractivity contribution in [3.63, 3.8) is 0 Å². The minimum Gasteiger partial charge on any atom is -0.493 e. The van der Waals surface area contributed by atoms with Gasteiger partial charge < -0.3 is 25.8 Å². The second kappa shape index (κ2) is 6.83. The summed E-state index contributed by atoms with van der Waals surface area (Å²) in [7, 11) is 0. The third-order valence-electron chi connectivity index (χ3n) is 4.87. The van der Waals surface area contributed by atoms with E-state index in [-0.39, 0.29) is 18.1 Å². The van der Waals surface area contributed by atoms with Crippen LogP contribution < -0.4 is 21.1 Å². The normalized spacial score (nSPS) is 24.5. The maximum Gasteiger partial charge on any atom is 0.407 e. The van der Waals surface area contributed by atoms with Gasteiger partial charge in [0.15, 0.2) is 5.13 Å². The van der Waals surface area contributed by atoms with Gasteiger partial charge in [0.05, 0.1) is 16.8 Å². The molecule has 0 bridgehead atoms. The molecule has 2 aromatic rings. The summed E-state index contributed by atoms with van der Waals surface area (Å²) in [6.45, 7) is 6.28. The zero-order chi connectivity index (χ0) is 19.2. The minimum absolute atomic E-state index is 0.000578. The molecular weight excluding hydrogens is 364 g/mol. The number of nitrogens with zero attached hydrogens (tertiary/aromatic N) is 1. The van der Waals surface area contributed by atoms with Gasteiger partial charge in [0.2, 0.25) is 0 Å². The van der Waals surface area contributed by atoms with Crippen LogP contribution in [-0.4, -0.2) is 41.4 Å². The average Bonchev–Trinajstić information content (AvgIpc) is 3.23. The Bertz CT molecular complexity index is 860. The molecule has 2 heterocycles. The number of nitrogens with two attached hydrogens (primary N) is 1. The molecular formula is C19H26N4O3S. The standard InChI is InChI=1S/C19H26N4O3S/c1-19(2,3)26-18(24)21-10-8-12(20)13(9-10)22-17-23-16-11-6-7-25-14(11)4-5-15(16)27-17/h4-5,10,12-13H,6-9,20H2,1-3H3,(H,21,24)(H,22,23)/t10-,12+,13-/m1/s1. The van der Waals surface area contributed by atoms with Crippen molar-refractivity contribution in [2.75, 3.05) is 11.9 Å². The lowest BCUT2D eigenvalue weighted by Crippen LogP contribution is -2.38. The fourth-order valence-electron chi connectivity index (χ4n) is 3.72. The number of carbonyl (C=O) groups excluding carboxylic acids is 1. The van der Waals surface area contributed by atoms with Gasteiger partial charge in [0.1, 0.15) is 11.4 Å². The molecule has 1 amide bonds. The Morgan fingerprint density at radius 3 is 2.96 bits per heavy atom. The lowest BCUT2D eigenvalue weighted by molar-refractivity contribution is 0.0505. The summed E-state index contributed by atoms with van der Waals surface area (Å²) >= 11 is 1.63. The molecule has 2 aliphatic rings. The van der Waals surface area contributed by atoms with Crippen molar-refractivity contribution < 1.29 is 14.3 Å². The molecule has 1 aromatic heterocycles. The van der Waals surface area contributed by atoms with E-state index in [2.05, 4.69) is 16.7 Å². The largest absolute Gasteiger partial charge is 0.493 e. The van der Waals surface area contributed by atoms with Crippen LogP contribution in [0.25, 0.3) is 10.2 Å². The van der Waals surface area contributed by atoms with E-state index in [1.807, 2.05) is 26.8 Å². The average molecular weight is 391 g/mol. The predicted octanol–water partition coefficient (Wildman–Crippen LogP) is 3.03. The molecule has 1 saturated carbocycles. The first-order valence-corrected chi connectivity index (χ1v) is 10.2. The summed E-state index contributed by atoms with van der Waals surface area (Å²) in [6, 6.07) is 4.10. The fourth-order valence-corrected chi connectivity index (χ4v) is 4.68. The molecule has 4 N–H and O–H groups in total. The highest BCUT2D eigenvalue weighted by Crippen LogP contribution is 2.37. The van der Waals surface area contributed by atoms with Gasteiger partial charge in [-0.15, -0.1) is 0 Å². The van der Waals surface area contributed by atoms with Crippen LogP contribution in [0.15, 0.2) is 12.1 Å². The number of carbonyl (C=O) groups is 1. The van der Waals surface area contributed by atoms with Crippen molar-refractivity contribution in [1.29, 1.82) is 0 Å². The highest BCUT2D eigenvalue weighted by atomic mass is 32.1. The van der Waals surface area contributed by atoms with Crippen LogP contribution in [0.1, 0.15) is 39.2 Å². The molecule has 0 spiro atoms. The third-order valence-corrected chi connectivity index (χ3v) is 5.83. The summed E-state index contributed by atoms with van der Waals surface area (Å²) in [5, 5.41) is 7.26. The molecule has 0 saturated heterocycles. The zero-order valence-corrected chi connectivity index (χ0v) is 16.7. The molecule has 4 rings (SSSR count). The number of aromatic nitrogens is 1. The minimum atomic E-state index is -0.507. The number of amides is 1. The van der Waals surface area contributed by atoms with Crippen molar-refractivity contribution in [3.05, 3.63) is 17.7 Å². The molecule has 8 heteroatoms. The molecule has 27 heavy (non-hydrogen) atoms. The van der Waals surface area contributed by atoms with Crippen molar-refractivity contribution in [2.24, 2.45) is 5.73 Å². The molecule has 1 fully saturated rings. The summed E-state index contributed by atoms with van der Waals surface area (Å²) in [6.07, 6.45) is 1.97. The van der Waals surface area contributed by atoms with Gasteiger partial charge in [-0.1, -0.05) is 11.3 Å². The Labute approximate surface area is 162 Å². The van der Waals surface area contributed by atoms with Crippen LogP contribution in [0.5, 0.6) is 5.75 Å². The molecule has 3 atom stereocenters. The highest BCUT2D eigenvalue weighted by Gasteiger charge is 2.34. The number of rotatable bonds is 3. The van der Waals surface area contributed by atoms with Crippen molar-refractivity contribution in [1.82, 2.24) is 10.3 Å². The predicted molar refractivity (Wildman–Crippen MR) is 107 cm³/mol. The first-order chi connectivity index (χ1) is 12.8. The quantitative estimate of drug-likeness (QED) is 0.745. The van der Waals surface area contributed by atoms with E-state index in [1.165, 1.54) is 5.56 Å². The van der Waals surface area contributed by atoms with Crippen LogP contribution in [0.3, 0.4) is 0 Å². The van der Waals surface area contributed by atoms with E-state index in [0.717, 1.165) is 40.5 Å². The lowest BCUT2D eigenvalue weighted by atomic mass is 10.1. The third kappa shape index (κ3) is 3.96. The molecule has 7 nitrogen and oxygen atoms in total. The van der Waals surface area contributed by atoms with Gasteiger partial charge in [-0.2, -0.15) is 0 Å². The van der Waals surface area contributed by atoms with Gasteiger partial charge in [0.25, 0.3) is 0 Å². The van der Waals surface area contributed by atoms with Crippen LogP contribution in [0.2, 0.25) is 0 Å². The summed E-state index contributed by atoms with van der Waals surface area (Å²) in [5.74, 6) is 0.943. The van der Waals surface area contributed by atoms with Crippen molar-refractivity contribution >= 4 is 32.8 Å². The smallest absolute Gasteiger partial charge is 0.407 e. The second-order valence-corrected chi connectivity index (χ2v) is 9.27.